The van der Waals surface area contributed by atoms with Crippen molar-refractivity contribution in [3.8, 4) is 5.75 Å². The minimum absolute atomic E-state index is 0. The zero-order chi connectivity index (χ0) is 14.1. The number of ether oxygens (including phenoxy) is 1. The van der Waals surface area contributed by atoms with E-state index in [-0.39, 0.29) is 12.4 Å². The van der Waals surface area contributed by atoms with Gasteiger partial charge < -0.3 is 15.8 Å². The van der Waals surface area contributed by atoms with Gasteiger partial charge in [-0.15, -0.1) is 23.7 Å². The van der Waals surface area contributed by atoms with E-state index in [2.05, 4.69) is 16.4 Å². The number of carbonyl (C=O) groups is 1. The number of nitrogens with zero attached hydrogens (tertiary/aromatic N) is 1. The lowest BCUT2D eigenvalue weighted by Gasteiger charge is -2.23. The van der Waals surface area contributed by atoms with Crippen LogP contribution in [0.4, 0.5) is 0 Å². The fraction of sp³-hybridized carbons (Fsp3) is 0.429. The Morgan fingerprint density at radius 1 is 1.43 bits per heavy atom. The van der Waals surface area contributed by atoms with Crippen molar-refractivity contribution >= 4 is 39.9 Å². The van der Waals surface area contributed by atoms with E-state index in [9.17, 15) is 4.79 Å². The van der Waals surface area contributed by atoms with Gasteiger partial charge in [0.15, 0.2) is 5.01 Å². The average molecular weight is 328 g/mol. The molecule has 1 fully saturated rings. The molecule has 1 saturated heterocycles. The molecule has 5 nitrogen and oxygen atoms in total. The highest BCUT2D eigenvalue weighted by atomic mass is 35.5. The van der Waals surface area contributed by atoms with Gasteiger partial charge in [0.25, 0.3) is 5.91 Å². The monoisotopic (exact) mass is 327 g/mol. The number of thiazole rings is 1. The molecule has 0 spiro atoms. The number of benzene rings is 1. The first-order valence-corrected chi connectivity index (χ1v) is 7.50. The van der Waals surface area contributed by atoms with Crippen molar-refractivity contribution in [1.29, 1.82) is 0 Å². The highest BCUT2D eigenvalue weighted by molar-refractivity contribution is 7.20. The van der Waals surface area contributed by atoms with E-state index in [1.165, 1.54) is 16.9 Å². The van der Waals surface area contributed by atoms with Gasteiger partial charge in [-0.2, -0.15) is 0 Å². The van der Waals surface area contributed by atoms with Gasteiger partial charge in [0.2, 0.25) is 0 Å². The summed E-state index contributed by atoms with van der Waals surface area (Å²) in [6.45, 7) is 2.05. The van der Waals surface area contributed by atoms with E-state index in [0.29, 0.717) is 16.7 Å². The maximum atomic E-state index is 11.4. The predicted octanol–water partition coefficient (Wildman–Crippen LogP) is 2.29. The van der Waals surface area contributed by atoms with E-state index in [1.807, 2.05) is 6.07 Å². The van der Waals surface area contributed by atoms with Crippen molar-refractivity contribution in [3.05, 3.63) is 22.7 Å². The first kappa shape index (κ1) is 16.0. The zero-order valence-corrected chi connectivity index (χ0v) is 13.4. The number of amides is 1. The SMILES string of the molecule is COc1ccc(C2CCNCC2)c2sc(C(N)=O)nc12.Cl. The molecule has 21 heavy (non-hydrogen) atoms. The summed E-state index contributed by atoms with van der Waals surface area (Å²) < 4.78 is 6.38. The normalized spacial score (nSPS) is 15.7. The molecule has 3 N–H and O–H groups in total. The van der Waals surface area contributed by atoms with Gasteiger partial charge in [-0.25, -0.2) is 4.98 Å². The maximum absolute atomic E-state index is 11.4. The van der Waals surface area contributed by atoms with Crippen molar-refractivity contribution < 1.29 is 9.53 Å². The second kappa shape index (κ2) is 6.60. The Hall–Kier alpha value is -1.37. The first-order valence-electron chi connectivity index (χ1n) is 6.68. The van der Waals surface area contributed by atoms with E-state index in [4.69, 9.17) is 10.5 Å². The molecule has 1 aliphatic heterocycles. The highest BCUT2D eigenvalue weighted by Gasteiger charge is 2.22. The third-order valence-corrected chi connectivity index (χ3v) is 4.87. The van der Waals surface area contributed by atoms with Gasteiger partial charge >= 0.3 is 0 Å². The molecule has 0 saturated carbocycles. The van der Waals surface area contributed by atoms with Crippen LogP contribution in [0.15, 0.2) is 12.1 Å². The quantitative estimate of drug-likeness (QED) is 0.906. The first-order chi connectivity index (χ1) is 9.70. The number of aromatic nitrogens is 1. The molecule has 2 heterocycles. The lowest BCUT2D eigenvalue weighted by Crippen LogP contribution is -2.26. The minimum Gasteiger partial charge on any atom is -0.494 e. The molecule has 3 rings (SSSR count). The average Bonchev–Trinajstić information content (AvgIpc) is 2.92. The molecule has 1 aliphatic rings. The van der Waals surface area contributed by atoms with Crippen LogP contribution in [0.1, 0.15) is 34.1 Å². The Morgan fingerprint density at radius 3 is 2.76 bits per heavy atom. The molecule has 2 aromatic rings. The Balaban J connectivity index is 0.00000161. The number of hydrogen-bond acceptors (Lipinski definition) is 5. The topological polar surface area (TPSA) is 77.2 Å². The van der Waals surface area contributed by atoms with Crippen LogP contribution in [0.2, 0.25) is 0 Å². The summed E-state index contributed by atoms with van der Waals surface area (Å²) in [5.74, 6) is 0.719. The van der Waals surface area contributed by atoms with Crippen molar-refractivity contribution in [2.45, 2.75) is 18.8 Å². The van der Waals surface area contributed by atoms with Crippen LogP contribution in [0.25, 0.3) is 10.2 Å². The number of primary amides is 1. The van der Waals surface area contributed by atoms with Gasteiger partial charge in [0.05, 0.1) is 11.8 Å². The summed E-state index contributed by atoms with van der Waals surface area (Å²) >= 11 is 1.37. The lowest BCUT2D eigenvalue weighted by molar-refractivity contribution is 0.1000. The number of nitrogens with two attached hydrogens (primary N) is 1. The fourth-order valence-electron chi connectivity index (χ4n) is 2.73. The van der Waals surface area contributed by atoms with Crippen molar-refractivity contribution in [3.63, 3.8) is 0 Å². The Morgan fingerprint density at radius 2 is 2.14 bits per heavy atom. The smallest absolute Gasteiger partial charge is 0.277 e. The minimum atomic E-state index is -0.482. The molecule has 1 amide bonds. The van der Waals surface area contributed by atoms with Crippen molar-refractivity contribution in [2.75, 3.05) is 20.2 Å². The van der Waals surface area contributed by atoms with Crippen LogP contribution in [-0.2, 0) is 0 Å². The maximum Gasteiger partial charge on any atom is 0.277 e. The van der Waals surface area contributed by atoms with Crippen LogP contribution in [0.5, 0.6) is 5.75 Å². The van der Waals surface area contributed by atoms with Crippen LogP contribution in [0, 0.1) is 0 Å². The van der Waals surface area contributed by atoms with Gasteiger partial charge in [-0.3, -0.25) is 4.79 Å². The number of piperidine rings is 1. The standard InChI is InChI=1S/C14H17N3O2S.ClH/c1-19-10-3-2-9(8-4-6-16-7-5-8)12-11(10)17-14(20-12)13(15)18;/h2-3,8,16H,4-7H2,1H3,(H2,15,18);1H. The molecule has 114 valence electrons. The van der Waals surface area contributed by atoms with Crippen molar-refractivity contribution in [1.82, 2.24) is 10.3 Å². The lowest BCUT2D eigenvalue weighted by atomic mass is 9.90. The number of halogens is 1. The molecule has 0 unspecified atom stereocenters. The largest absolute Gasteiger partial charge is 0.494 e. The van der Waals surface area contributed by atoms with E-state index < -0.39 is 5.91 Å². The highest BCUT2D eigenvalue weighted by Crippen LogP contribution is 2.38. The molecule has 7 heteroatoms. The van der Waals surface area contributed by atoms with E-state index in [1.54, 1.807) is 7.11 Å². The van der Waals surface area contributed by atoms with Gasteiger partial charge in [0, 0.05) is 0 Å². The second-order valence-corrected chi connectivity index (χ2v) is 5.94. The molecule has 1 aromatic carbocycles. The zero-order valence-electron chi connectivity index (χ0n) is 11.7. The summed E-state index contributed by atoms with van der Waals surface area (Å²) in [6.07, 6.45) is 2.20. The molecule has 0 atom stereocenters. The molecule has 1 aromatic heterocycles. The molecular weight excluding hydrogens is 310 g/mol. The van der Waals surface area contributed by atoms with E-state index in [0.717, 1.165) is 36.1 Å². The van der Waals surface area contributed by atoms with Gasteiger partial charge in [-0.05, 0) is 43.5 Å². The van der Waals surface area contributed by atoms with Crippen LogP contribution in [-0.4, -0.2) is 31.1 Å². The molecule has 0 radical (unpaired) electrons. The fourth-order valence-corrected chi connectivity index (χ4v) is 3.75. The summed E-state index contributed by atoms with van der Waals surface area (Å²) in [7, 11) is 1.61. The Labute approximate surface area is 133 Å². The molecule has 0 bridgehead atoms. The van der Waals surface area contributed by atoms with Crippen molar-refractivity contribution in [2.24, 2.45) is 5.73 Å². The van der Waals surface area contributed by atoms with Crippen LogP contribution >= 0.6 is 23.7 Å². The summed E-state index contributed by atoms with van der Waals surface area (Å²) in [5.41, 5.74) is 7.36. The van der Waals surface area contributed by atoms with Crippen LogP contribution < -0.4 is 15.8 Å². The number of fused-ring (bicyclic) bond motifs is 1. The second-order valence-electron chi connectivity index (χ2n) is 4.94. The number of methoxy groups -OCH3 is 1. The van der Waals surface area contributed by atoms with Gasteiger partial charge in [-0.1, -0.05) is 6.07 Å². The van der Waals surface area contributed by atoms with E-state index >= 15 is 0 Å². The number of nitrogens with one attached hydrogen (secondary N) is 1. The predicted molar refractivity (Wildman–Crippen MR) is 86.8 cm³/mol. The van der Waals surface area contributed by atoms with Gasteiger partial charge in [0.1, 0.15) is 11.3 Å². The van der Waals surface area contributed by atoms with Crippen LogP contribution in [0.3, 0.4) is 0 Å². The summed E-state index contributed by atoms with van der Waals surface area (Å²) in [6, 6.07) is 4.03. The third kappa shape index (κ3) is 2.97. The molecular formula is C14H18ClN3O2S. The summed E-state index contributed by atoms with van der Waals surface area (Å²) in [5, 5.41) is 3.71. The Bertz CT molecular complexity index is 653. The number of carbonyl (C=O) groups excluding carboxylic acids is 1. The molecule has 0 aliphatic carbocycles. The summed E-state index contributed by atoms with van der Waals surface area (Å²) in [4.78, 5) is 15.7. The number of hydrogen-bond donors (Lipinski definition) is 2. The third-order valence-electron chi connectivity index (χ3n) is 3.75. The Kier molecular flexibility index (Phi) is 5.03. The number of rotatable bonds is 3.